The molecule has 0 unspecified atom stereocenters. The third-order valence-electron chi connectivity index (χ3n) is 5.37. The molecular weight excluding hydrogens is 353 g/mol. The van der Waals surface area contributed by atoms with Crippen LogP contribution in [0.4, 0.5) is 5.82 Å². The van der Waals surface area contributed by atoms with Gasteiger partial charge in [-0.05, 0) is 41.9 Å². The van der Waals surface area contributed by atoms with Gasteiger partial charge < -0.3 is 4.57 Å². The van der Waals surface area contributed by atoms with Crippen LogP contribution in [0.1, 0.15) is 11.1 Å². The Hall–Kier alpha value is -3.40. The lowest BCUT2D eigenvalue weighted by molar-refractivity contribution is -0.518. The molecule has 2 aromatic heterocycles. The molecule has 3 nitrogen and oxygen atoms in total. The van der Waals surface area contributed by atoms with Gasteiger partial charge in [0.05, 0.1) is 6.20 Å². The molecule has 2 aromatic carbocycles. The molecule has 4 aromatic rings. The molecule has 0 fully saturated rings. The summed E-state index contributed by atoms with van der Waals surface area (Å²) in [5.74, 6) is 0.922. The molecule has 0 saturated heterocycles. The molecule has 0 radical (unpaired) electrons. The zero-order chi connectivity index (χ0) is 20.2. The normalized spacial score (nSPS) is 11.5. The zero-order valence-corrected chi connectivity index (χ0v) is 17.2. The first kappa shape index (κ1) is 18.9. The third-order valence-corrected chi connectivity index (χ3v) is 5.37. The zero-order valence-electron chi connectivity index (χ0n) is 17.2. The Morgan fingerprint density at radius 1 is 0.724 bits per heavy atom. The van der Waals surface area contributed by atoms with Gasteiger partial charge in [0, 0.05) is 25.4 Å². The van der Waals surface area contributed by atoms with E-state index in [1.807, 2.05) is 42.1 Å². The third kappa shape index (κ3) is 3.92. The Labute approximate surface area is 172 Å². The molecule has 0 aliphatic rings. The van der Waals surface area contributed by atoms with Crippen LogP contribution in [0.5, 0.6) is 0 Å². The van der Waals surface area contributed by atoms with Gasteiger partial charge in [-0.1, -0.05) is 71.8 Å². The van der Waals surface area contributed by atoms with Crippen LogP contribution in [0.15, 0.2) is 102 Å². The minimum atomic E-state index is 0.0476. The number of hydrogen-bond donors (Lipinski definition) is 0. The van der Waals surface area contributed by atoms with Gasteiger partial charge in [0.2, 0.25) is 5.49 Å². The summed E-state index contributed by atoms with van der Waals surface area (Å²) in [5, 5.41) is 0. The van der Waals surface area contributed by atoms with Crippen molar-refractivity contribution in [1.29, 1.82) is 0 Å². The number of rotatable bonds is 4. The van der Waals surface area contributed by atoms with Crippen molar-refractivity contribution in [3.05, 3.63) is 114 Å². The summed E-state index contributed by atoms with van der Waals surface area (Å²) >= 11 is 0. The van der Waals surface area contributed by atoms with Crippen molar-refractivity contribution >= 4 is 23.6 Å². The van der Waals surface area contributed by atoms with E-state index in [9.17, 15) is 0 Å². The maximum atomic E-state index is 5.00. The number of pyridine rings is 2. The summed E-state index contributed by atoms with van der Waals surface area (Å²) in [5.41, 5.74) is 6.03. The van der Waals surface area contributed by atoms with E-state index in [4.69, 9.17) is 4.99 Å². The molecule has 0 amide bonds. The fourth-order valence-corrected chi connectivity index (χ4v) is 3.76. The predicted octanol–water partition coefficient (Wildman–Crippen LogP) is 2.82. The summed E-state index contributed by atoms with van der Waals surface area (Å²) in [6.07, 6.45) is 4.15. The van der Waals surface area contributed by atoms with E-state index in [0.717, 1.165) is 11.3 Å². The van der Waals surface area contributed by atoms with Crippen molar-refractivity contribution in [2.45, 2.75) is 13.8 Å². The van der Waals surface area contributed by atoms with Crippen LogP contribution in [0.2, 0.25) is 0 Å². The molecule has 0 bridgehead atoms. The largest absolute Gasteiger partial charge is 0.447 e. The molecule has 0 N–H and O–H groups in total. The molecule has 4 rings (SSSR count). The highest BCUT2D eigenvalue weighted by Gasteiger charge is 2.33. The predicted molar refractivity (Wildman–Crippen MR) is 120 cm³/mol. The molecule has 0 aliphatic carbocycles. The van der Waals surface area contributed by atoms with Crippen molar-refractivity contribution in [3.63, 3.8) is 0 Å². The first-order chi connectivity index (χ1) is 14.1. The lowest BCUT2D eigenvalue weighted by Gasteiger charge is -2.17. The monoisotopic (exact) mass is 378 g/mol. The highest BCUT2D eigenvalue weighted by Crippen LogP contribution is 2.06. The second kappa shape index (κ2) is 8.32. The number of hydrogen-bond acceptors (Lipinski definition) is 1. The Morgan fingerprint density at radius 2 is 1.31 bits per heavy atom. The van der Waals surface area contributed by atoms with Crippen molar-refractivity contribution in [2.24, 2.45) is 12.0 Å². The SMILES string of the molecule is Cc1ccccc1B(c1ccccc1C)[n+]1ccccc1/N=c1/ccccn1C. The standard InChI is InChI=1S/C25H25BN3/c1-20-12-4-6-14-22(20)26(23-15-7-5-13-21(23)2)29-19-11-9-17-25(29)27-24-16-8-10-18-28(24)3/h4-19H,1-3H3/q+1. The number of nitrogens with zero attached hydrogens (tertiary/aromatic N) is 3. The topological polar surface area (TPSA) is 21.2 Å². The molecule has 0 saturated carbocycles. The Morgan fingerprint density at radius 3 is 1.93 bits per heavy atom. The average molecular weight is 378 g/mol. The van der Waals surface area contributed by atoms with E-state index < -0.39 is 0 Å². The van der Waals surface area contributed by atoms with Gasteiger partial charge in [-0.2, -0.15) is 0 Å². The van der Waals surface area contributed by atoms with Crippen LogP contribution in [-0.4, -0.2) is 11.4 Å². The highest BCUT2D eigenvalue weighted by molar-refractivity contribution is 6.79. The van der Waals surface area contributed by atoms with Crippen LogP contribution < -0.4 is 20.9 Å². The number of aryl methyl sites for hydroxylation is 3. The van der Waals surface area contributed by atoms with Gasteiger partial charge in [0.15, 0.2) is 0 Å². The van der Waals surface area contributed by atoms with Crippen molar-refractivity contribution in [3.8, 4) is 0 Å². The minimum absolute atomic E-state index is 0.0476. The number of aromatic nitrogens is 2. The van der Waals surface area contributed by atoms with Gasteiger partial charge >= 0.3 is 12.7 Å². The summed E-state index contributed by atoms with van der Waals surface area (Å²) in [6.45, 7) is 4.40. The summed E-state index contributed by atoms with van der Waals surface area (Å²) < 4.78 is 4.31. The van der Waals surface area contributed by atoms with Gasteiger partial charge in [0.25, 0.3) is 0 Å². The lowest BCUT2D eigenvalue weighted by Crippen LogP contribution is -2.66. The van der Waals surface area contributed by atoms with E-state index in [1.165, 1.54) is 22.1 Å². The lowest BCUT2D eigenvalue weighted by atomic mass is 9.48. The fourth-order valence-electron chi connectivity index (χ4n) is 3.76. The molecule has 0 aliphatic heterocycles. The van der Waals surface area contributed by atoms with Crippen LogP contribution in [-0.2, 0) is 7.05 Å². The van der Waals surface area contributed by atoms with E-state index in [-0.39, 0.29) is 6.85 Å². The molecule has 2 heterocycles. The minimum Gasteiger partial charge on any atom is -0.315 e. The maximum absolute atomic E-state index is 5.00. The van der Waals surface area contributed by atoms with Crippen molar-refractivity contribution in [2.75, 3.05) is 0 Å². The van der Waals surface area contributed by atoms with Gasteiger partial charge in [0.1, 0.15) is 0 Å². The Bertz CT molecular complexity index is 1160. The quantitative estimate of drug-likeness (QED) is 0.487. The van der Waals surface area contributed by atoms with Gasteiger partial charge in [-0.25, -0.2) is 0 Å². The second-order valence-electron chi connectivity index (χ2n) is 7.36. The van der Waals surface area contributed by atoms with E-state index in [1.54, 1.807) is 0 Å². The molecule has 29 heavy (non-hydrogen) atoms. The van der Waals surface area contributed by atoms with E-state index in [2.05, 4.69) is 85.2 Å². The molecule has 0 atom stereocenters. The summed E-state index contributed by atoms with van der Waals surface area (Å²) in [6, 6.07) is 29.5. The smallest absolute Gasteiger partial charge is 0.315 e. The number of benzene rings is 2. The van der Waals surface area contributed by atoms with Crippen LogP contribution in [0.25, 0.3) is 0 Å². The van der Waals surface area contributed by atoms with Crippen molar-refractivity contribution in [1.82, 2.24) is 4.57 Å². The second-order valence-corrected chi connectivity index (χ2v) is 7.36. The highest BCUT2D eigenvalue weighted by atomic mass is 15.1. The molecule has 142 valence electrons. The maximum Gasteiger partial charge on any atom is 0.447 e. The van der Waals surface area contributed by atoms with Gasteiger partial charge in [-0.3, -0.25) is 4.48 Å². The van der Waals surface area contributed by atoms with Crippen LogP contribution in [0.3, 0.4) is 0 Å². The first-order valence-corrected chi connectivity index (χ1v) is 9.93. The Kier molecular flexibility index (Phi) is 5.43. The van der Waals surface area contributed by atoms with E-state index in [0.29, 0.717) is 0 Å². The van der Waals surface area contributed by atoms with Crippen molar-refractivity contribution < 1.29 is 4.48 Å². The average Bonchev–Trinajstić information content (AvgIpc) is 2.74. The fraction of sp³-hybridized carbons (Fsp3) is 0.120. The molecule has 4 heteroatoms. The molecule has 0 spiro atoms. The van der Waals surface area contributed by atoms with Crippen LogP contribution in [0, 0.1) is 13.8 Å². The van der Waals surface area contributed by atoms with Gasteiger partial charge in [-0.15, -0.1) is 0 Å². The molecular formula is C25H25BN3+. The summed E-state index contributed by atoms with van der Waals surface area (Å²) in [7, 11) is 2.02. The first-order valence-electron chi connectivity index (χ1n) is 9.93. The van der Waals surface area contributed by atoms with Crippen LogP contribution >= 0.6 is 0 Å². The summed E-state index contributed by atoms with van der Waals surface area (Å²) in [4.78, 5) is 5.00. The van der Waals surface area contributed by atoms with E-state index >= 15 is 0 Å². The Balaban J connectivity index is 1.99.